The Morgan fingerprint density at radius 2 is 2.13 bits per heavy atom. The molecule has 0 aliphatic carbocycles. The summed E-state index contributed by atoms with van der Waals surface area (Å²) in [5.74, 6) is 0.959. The first-order valence-corrected chi connectivity index (χ1v) is 6.19. The molecule has 4 heteroatoms. The Balaban J connectivity index is 2.80. The molecule has 0 aromatic carbocycles. The van der Waals surface area contributed by atoms with Crippen molar-refractivity contribution in [3.63, 3.8) is 0 Å². The summed E-state index contributed by atoms with van der Waals surface area (Å²) < 4.78 is 5.32. The molecule has 0 radical (unpaired) electrons. The summed E-state index contributed by atoms with van der Waals surface area (Å²) in [7, 11) is 0. The number of rotatable bonds is 5. The van der Waals surface area contributed by atoms with Gasteiger partial charge in [0, 0.05) is 16.9 Å². The van der Waals surface area contributed by atoms with Crippen LogP contribution >= 0.6 is 15.9 Å². The van der Waals surface area contributed by atoms with E-state index in [2.05, 4.69) is 39.7 Å². The Morgan fingerprint density at radius 1 is 1.40 bits per heavy atom. The molecule has 3 nitrogen and oxygen atoms in total. The van der Waals surface area contributed by atoms with Crippen molar-refractivity contribution in [3.05, 3.63) is 18.1 Å². The van der Waals surface area contributed by atoms with Gasteiger partial charge in [-0.05, 0) is 13.3 Å². The van der Waals surface area contributed by atoms with Gasteiger partial charge in [0.2, 0.25) is 5.88 Å². The molecule has 0 saturated heterocycles. The molecule has 0 fully saturated rings. The van der Waals surface area contributed by atoms with Crippen LogP contribution in [0.2, 0.25) is 0 Å². The molecule has 0 spiro atoms. The van der Waals surface area contributed by atoms with Crippen LogP contribution in [0, 0.1) is 0 Å². The molecule has 1 rings (SSSR count). The third kappa shape index (κ3) is 3.45. The number of ether oxygens (including phenoxy) is 1. The Kier molecular flexibility index (Phi) is 5.02. The molecular weight excluding hydrogens is 256 g/mol. The van der Waals surface area contributed by atoms with Crippen molar-refractivity contribution < 1.29 is 4.74 Å². The number of aromatic nitrogens is 2. The lowest BCUT2D eigenvalue weighted by molar-refractivity contribution is 0.323. The molecule has 0 saturated carbocycles. The second kappa shape index (κ2) is 6.05. The van der Waals surface area contributed by atoms with Crippen LogP contribution in [0.25, 0.3) is 0 Å². The molecule has 84 valence electrons. The molecular formula is C11H17BrN2O. The molecule has 2 atom stereocenters. The molecule has 0 aliphatic rings. The summed E-state index contributed by atoms with van der Waals surface area (Å²) in [6, 6.07) is 0. The zero-order chi connectivity index (χ0) is 11.3. The fourth-order valence-electron chi connectivity index (χ4n) is 1.34. The molecule has 1 aromatic heterocycles. The van der Waals surface area contributed by atoms with Crippen LogP contribution in [0.1, 0.15) is 38.8 Å². The topological polar surface area (TPSA) is 35.0 Å². The van der Waals surface area contributed by atoms with Crippen molar-refractivity contribution in [1.82, 2.24) is 9.97 Å². The highest BCUT2D eigenvalue weighted by atomic mass is 79.9. The molecule has 1 heterocycles. The number of alkyl halides is 1. The second-order valence-corrected chi connectivity index (χ2v) is 4.60. The molecule has 0 N–H and O–H groups in total. The first-order valence-electron chi connectivity index (χ1n) is 5.27. The minimum Gasteiger partial charge on any atom is -0.477 e. The van der Waals surface area contributed by atoms with Crippen molar-refractivity contribution in [2.75, 3.05) is 6.61 Å². The van der Waals surface area contributed by atoms with Crippen molar-refractivity contribution in [3.8, 4) is 5.88 Å². The van der Waals surface area contributed by atoms with E-state index in [1.807, 2.05) is 6.92 Å². The van der Waals surface area contributed by atoms with Gasteiger partial charge in [-0.25, -0.2) is 4.98 Å². The van der Waals surface area contributed by atoms with Crippen molar-refractivity contribution in [2.24, 2.45) is 0 Å². The van der Waals surface area contributed by atoms with E-state index in [-0.39, 0.29) is 0 Å². The van der Waals surface area contributed by atoms with E-state index in [0.29, 0.717) is 23.2 Å². The smallest absolute Gasteiger partial charge is 0.232 e. The van der Waals surface area contributed by atoms with Gasteiger partial charge in [0.1, 0.15) is 0 Å². The van der Waals surface area contributed by atoms with E-state index in [4.69, 9.17) is 4.74 Å². The predicted octanol–water partition coefficient (Wildman–Crippen LogP) is 3.15. The summed E-state index contributed by atoms with van der Waals surface area (Å²) in [5, 5.41) is 0. The molecule has 15 heavy (non-hydrogen) atoms. The minimum atomic E-state index is 0.350. The van der Waals surface area contributed by atoms with Gasteiger partial charge in [-0.3, -0.25) is 4.98 Å². The van der Waals surface area contributed by atoms with Crippen molar-refractivity contribution >= 4 is 15.9 Å². The van der Waals surface area contributed by atoms with Crippen LogP contribution in [-0.2, 0) is 0 Å². The quantitative estimate of drug-likeness (QED) is 0.773. The van der Waals surface area contributed by atoms with Crippen LogP contribution in [-0.4, -0.2) is 21.4 Å². The average Bonchev–Trinajstić information content (AvgIpc) is 2.28. The van der Waals surface area contributed by atoms with E-state index in [9.17, 15) is 0 Å². The van der Waals surface area contributed by atoms with Gasteiger partial charge in [0.15, 0.2) is 0 Å². The first kappa shape index (κ1) is 12.4. The molecule has 0 bridgehead atoms. The van der Waals surface area contributed by atoms with E-state index >= 15 is 0 Å². The zero-order valence-corrected chi connectivity index (χ0v) is 11.0. The number of hydrogen-bond donors (Lipinski definition) is 0. The van der Waals surface area contributed by atoms with Gasteiger partial charge in [-0.1, -0.05) is 29.8 Å². The van der Waals surface area contributed by atoms with Gasteiger partial charge in [-0.2, -0.15) is 0 Å². The molecule has 2 unspecified atom stereocenters. The lowest BCUT2D eigenvalue weighted by atomic mass is 10.0. The van der Waals surface area contributed by atoms with Gasteiger partial charge in [-0.15, -0.1) is 0 Å². The van der Waals surface area contributed by atoms with E-state index in [1.165, 1.54) is 0 Å². The van der Waals surface area contributed by atoms with Gasteiger partial charge in [0.05, 0.1) is 18.5 Å². The number of halogens is 1. The Labute approximate surface area is 99.4 Å². The van der Waals surface area contributed by atoms with Gasteiger partial charge >= 0.3 is 0 Å². The Hall–Kier alpha value is -0.640. The lowest BCUT2D eigenvalue weighted by Gasteiger charge is -2.16. The normalized spacial score (nSPS) is 14.7. The lowest BCUT2D eigenvalue weighted by Crippen LogP contribution is -2.10. The summed E-state index contributed by atoms with van der Waals surface area (Å²) >= 11 is 3.63. The van der Waals surface area contributed by atoms with Crippen LogP contribution in [0.15, 0.2) is 12.4 Å². The van der Waals surface area contributed by atoms with Crippen molar-refractivity contribution in [2.45, 2.75) is 37.9 Å². The SMILES string of the molecule is CCOc1cncc(C(C)C(Br)CC)n1. The summed E-state index contributed by atoms with van der Waals surface area (Å²) in [6.07, 6.45) is 4.52. The fraction of sp³-hybridized carbons (Fsp3) is 0.636. The first-order chi connectivity index (χ1) is 7.19. The van der Waals surface area contributed by atoms with Crippen LogP contribution in [0.5, 0.6) is 5.88 Å². The third-order valence-electron chi connectivity index (χ3n) is 2.32. The van der Waals surface area contributed by atoms with Crippen LogP contribution < -0.4 is 4.74 Å². The molecule has 1 aromatic rings. The predicted molar refractivity (Wildman–Crippen MR) is 64.6 cm³/mol. The van der Waals surface area contributed by atoms with Gasteiger partial charge < -0.3 is 4.74 Å². The molecule has 0 amide bonds. The highest BCUT2D eigenvalue weighted by Gasteiger charge is 2.16. The highest BCUT2D eigenvalue weighted by molar-refractivity contribution is 9.09. The highest BCUT2D eigenvalue weighted by Crippen LogP contribution is 2.25. The monoisotopic (exact) mass is 272 g/mol. The van der Waals surface area contributed by atoms with Crippen molar-refractivity contribution in [1.29, 1.82) is 0 Å². The second-order valence-electron chi connectivity index (χ2n) is 3.43. The Morgan fingerprint density at radius 3 is 2.73 bits per heavy atom. The van der Waals surface area contributed by atoms with Gasteiger partial charge in [0.25, 0.3) is 0 Å². The maximum absolute atomic E-state index is 5.32. The third-order valence-corrected chi connectivity index (χ3v) is 3.76. The van der Waals surface area contributed by atoms with E-state index in [1.54, 1.807) is 12.4 Å². The van der Waals surface area contributed by atoms with Crippen LogP contribution in [0.3, 0.4) is 0 Å². The fourth-order valence-corrected chi connectivity index (χ4v) is 1.61. The number of nitrogens with zero attached hydrogens (tertiary/aromatic N) is 2. The summed E-state index contributed by atoms with van der Waals surface area (Å²) in [6.45, 7) is 6.85. The average molecular weight is 273 g/mol. The largest absolute Gasteiger partial charge is 0.477 e. The summed E-state index contributed by atoms with van der Waals surface area (Å²) in [5.41, 5.74) is 0.977. The van der Waals surface area contributed by atoms with E-state index < -0.39 is 0 Å². The van der Waals surface area contributed by atoms with Crippen LogP contribution in [0.4, 0.5) is 0 Å². The maximum atomic E-state index is 5.32. The van der Waals surface area contributed by atoms with E-state index in [0.717, 1.165) is 12.1 Å². The Bertz CT molecular complexity index is 306. The maximum Gasteiger partial charge on any atom is 0.232 e. The zero-order valence-electron chi connectivity index (χ0n) is 9.40. The summed E-state index contributed by atoms with van der Waals surface area (Å²) in [4.78, 5) is 8.98. The standard InChI is InChI=1S/C11H17BrN2O/c1-4-9(12)8(3)10-6-13-7-11(14-10)15-5-2/h6-9H,4-5H2,1-3H3. The number of hydrogen-bond acceptors (Lipinski definition) is 3. The minimum absolute atomic E-state index is 0.350. The molecule has 0 aliphatic heterocycles.